The minimum atomic E-state index is -4.40. The van der Waals surface area contributed by atoms with Crippen LogP contribution in [0.2, 0.25) is 0 Å². The highest BCUT2D eigenvalue weighted by Gasteiger charge is 2.33. The van der Waals surface area contributed by atoms with Crippen LogP contribution in [0.1, 0.15) is 24.5 Å². The van der Waals surface area contributed by atoms with Crippen LogP contribution in [-0.2, 0) is 22.3 Å². The van der Waals surface area contributed by atoms with E-state index in [0.717, 1.165) is 6.07 Å². The Morgan fingerprint density at radius 1 is 1.37 bits per heavy atom. The molecule has 1 N–H and O–H groups in total. The number of esters is 1. The fourth-order valence-electron chi connectivity index (χ4n) is 1.72. The maximum absolute atomic E-state index is 12.8. The highest BCUT2D eigenvalue weighted by atomic mass is 19.4. The number of hydrogen-bond donors (Lipinski definition) is 1. The molecule has 3 nitrogen and oxygen atoms in total. The maximum atomic E-state index is 12.8. The maximum Gasteiger partial charge on any atom is 0.416 e. The summed E-state index contributed by atoms with van der Waals surface area (Å²) in [5.41, 5.74) is -0.584. The zero-order chi connectivity index (χ0) is 14.5. The van der Waals surface area contributed by atoms with Gasteiger partial charge in [-0.3, -0.25) is 4.79 Å². The molecule has 1 aromatic rings. The van der Waals surface area contributed by atoms with Gasteiger partial charge < -0.3 is 10.1 Å². The van der Waals surface area contributed by atoms with Crippen LogP contribution >= 0.6 is 0 Å². The highest BCUT2D eigenvalue weighted by molar-refractivity contribution is 5.75. The molecule has 1 unspecified atom stereocenters. The standard InChI is InChI=1S/C13H16F3NO2/c1-3-11(12(18)19-2)17-8-9-6-4-5-7-10(9)13(14,15)16/h4-7,11,17H,3,8H2,1-2H3. The Kier molecular flexibility index (Phi) is 5.35. The molecule has 6 heteroatoms. The zero-order valence-corrected chi connectivity index (χ0v) is 10.8. The van der Waals surface area contributed by atoms with Gasteiger partial charge in [0.15, 0.2) is 0 Å². The van der Waals surface area contributed by atoms with E-state index in [0.29, 0.717) is 6.42 Å². The molecule has 1 aromatic carbocycles. The van der Waals surface area contributed by atoms with Crippen LogP contribution in [0, 0.1) is 0 Å². The Hall–Kier alpha value is -1.56. The lowest BCUT2D eigenvalue weighted by atomic mass is 10.1. The van der Waals surface area contributed by atoms with Gasteiger partial charge in [-0.2, -0.15) is 13.2 Å². The monoisotopic (exact) mass is 275 g/mol. The summed E-state index contributed by atoms with van der Waals surface area (Å²) in [5.74, 6) is -0.480. The highest BCUT2D eigenvalue weighted by Crippen LogP contribution is 2.31. The van der Waals surface area contributed by atoms with Crippen molar-refractivity contribution in [3.8, 4) is 0 Å². The number of nitrogens with one attached hydrogen (secondary N) is 1. The molecule has 0 aliphatic heterocycles. The molecule has 0 heterocycles. The lowest BCUT2D eigenvalue weighted by Crippen LogP contribution is -2.37. The van der Waals surface area contributed by atoms with Crippen LogP contribution in [0.15, 0.2) is 24.3 Å². The topological polar surface area (TPSA) is 38.3 Å². The van der Waals surface area contributed by atoms with Gasteiger partial charge in [-0.25, -0.2) is 0 Å². The third-order valence-corrected chi connectivity index (χ3v) is 2.76. The first-order valence-electron chi connectivity index (χ1n) is 5.86. The van der Waals surface area contributed by atoms with Crippen LogP contribution < -0.4 is 5.32 Å². The lowest BCUT2D eigenvalue weighted by molar-refractivity contribution is -0.143. The summed E-state index contributed by atoms with van der Waals surface area (Å²) in [7, 11) is 1.25. The molecule has 0 amide bonds. The van der Waals surface area contributed by atoms with Crippen molar-refractivity contribution in [3.63, 3.8) is 0 Å². The Morgan fingerprint density at radius 3 is 2.53 bits per heavy atom. The van der Waals surface area contributed by atoms with Gasteiger partial charge in [0.05, 0.1) is 12.7 Å². The predicted octanol–water partition coefficient (Wildman–Crippen LogP) is 2.75. The van der Waals surface area contributed by atoms with E-state index in [2.05, 4.69) is 10.1 Å². The Bertz CT molecular complexity index is 432. The molecule has 1 rings (SSSR count). The molecular formula is C13H16F3NO2. The third-order valence-electron chi connectivity index (χ3n) is 2.76. The van der Waals surface area contributed by atoms with Crippen molar-refractivity contribution in [1.82, 2.24) is 5.32 Å². The van der Waals surface area contributed by atoms with Gasteiger partial charge in [-0.1, -0.05) is 25.1 Å². The van der Waals surface area contributed by atoms with Crippen molar-refractivity contribution in [3.05, 3.63) is 35.4 Å². The summed E-state index contributed by atoms with van der Waals surface area (Å²) in [6.07, 6.45) is -3.95. The largest absolute Gasteiger partial charge is 0.468 e. The summed E-state index contributed by atoms with van der Waals surface area (Å²) in [6, 6.07) is 4.68. The summed E-state index contributed by atoms with van der Waals surface area (Å²) in [5, 5.41) is 2.77. The van der Waals surface area contributed by atoms with Crippen molar-refractivity contribution >= 4 is 5.97 Å². The van der Waals surface area contributed by atoms with Crippen LogP contribution in [0.3, 0.4) is 0 Å². The Morgan fingerprint density at radius 2 is 2.00 bits per heavy atom. The molecule has 19 heavy (non-hydrogen) atoms. The SMILES string of the molecule is CCC(NCc1ccccc1C(F)(F)F)C(=O)OC. The Balaban J connectivity index is 2.80. The molecular weight excluding hydrogens is 259 g/mol. The Labute approximate surface area is 109 Å². The fourth-order valence-corrected chi connectivity index (χ4v) is 1.72. The number of carbonyl (C=O) groups excluding carboxylic acids is 1. The van der Waals surface area contributed by atoms with Crippen molar-refractivity contribution in [1.29, 1.82) is 0 Å². The van der Waals surface area contributed by atoms with Crippen LogP contribution in [0.4, 0.5) is 13.2 Å². The van der Waals surface area contributed by atoms with E-state index >= 15 is 0 Å². The van der Waals surface area contributed by atoms with Gasteiger partial charge in [0.25, 0.3) is 0 Å². The van der Waals surface area contributed by atoms with Gasteiger partial charge >= 0.3 is 12.1 Å². The van der Waals surface area contributed by atoms with Crippen LogP contribution in [0.25, 0.3) is 0 Å². The molecule has 0 radical (unpaired) electrons. The van der Waals surface area contributed by atoms with Crippen molar-refractivity contribution < 1.29 is 22.7 Å². The van der Waals surface area contributed by atoms with E-state index < -0.39 is 23.8 Å². The summed E-state index contributed by atoms with van der Waals surface area (Å²) in [6.45, 7) is 1.72. The first-order chi connectivity index (χ1) is 8.90. The lowest BCUT2D eigenvalue weighted by Gasteiger charge is -2.17. The molecule has 0 fully saturated rings. The van der Waals surface area contributed by atoms with Crippen molar-refractivity contribution in [2.24, 2.45) is 0 Å². The molecule has 0 spiro atoms. The first-order valence-corrected chi connectivity index (χ1v) is 5.86. The van der Waals surface area contributed by atoms with Gasteiger partial charge in [0, 0.05) is 6.54 Å². The molecule has 106 valence electrons. The normalized spacial score (nSPS) is 13.1. The number of methoxy groups -OCH3 is 1. The van der Waals surface area contributed by atoms with E-state index in [-0.39, 0.29) is 12.1 Å². The number of hydrogen-bond acceptors (Lipinski definition) is 3. The molecule has 0 aliphatic carbocycles. The molecule has 0 saturated carbocycles. The average Bonchev–Trinajstić information content (AvgIpc) is 2.38. The molecule has 1 atom stereocenters. The minimum Gasteiger partial charge on any atom is -0.468 e. The number of halogens is 3. The van der Waals surface area contributed by atoms with E-state index in [1.807, 2.05) is 0 Å². The summed E-state index contributed by atoms with van der Waals surface area (Å²) >= 11 is 0. The summed E-state index contributed by atoms with van der Waals surface area (Å²) < 4.78 is 42.8. The second-order valence-corrected chi connectivity index (χ2v) is 4.02. The van der Waals surface area contributed by atoms with Crippen LogP contribution in [0.5, 0.6) is 0 Å². The predicted molar refractivity (Wildman–Crippen MR) is 64.4 cm³/mol. The van der Waals surface area contributed by atoms with Crippen molar-refractivity contribution in [2.75, 3.05) is 7.11 Å². The first kappa shape index (κ1) is 15.5. The van der Waals surface area contributed by atoms with Crippen LogP contribution in [-0.4, -0.2) is 19.1 Å². The molecule has 0 aliphatic rings. The van der Waals surface area contributed by atoms with E-state index in [4.69, 9.17) is 0 Å². The minimum absolute atomic E-state index is 0.0384. The molecule has 0 bridgehead atoms. The molecule has 0 saturated heterocycles. The number of carbonyl (C=O) groups is 1. The number of ether oxygens (including phenoxy) is 1. The van der Waals surface area contributed by atoms with Gasteiger partial charge in [-0.15, -0.1) is 0 Å². The van der Waals surface area contributed by atoms with Gasteiger partial charge in [-0.05, 0) is 18.1 Å². The summed E-state index contributed by atoms with van der Waals surface area (Å²) in [4.78, 5) is 11.3. The second kappa shape index (κ2) is 6.56. The number of rotatable bonds is 5. The van der Waals surface area contributed by atoms with E-state index in [9.17, 15) is 18.0 Å². The fraction of sp³-hybridized carbons (Fsp3) is 0.462. The van der Waals surface area contributed by atoms with E-state index in [1.165, 1.54) is 25.3 Å². The zero-order valence-electron chi connectivity index (χ0n) is 10.8. The van der Waals surface area contributed by atoms with Crippen molar-refractivity contribution in [2.45, 2.75) is 32.1 Å². The van der Waals surface area contributed by atoms with Gasteiger partial charge in [0.1, 0.15) is 6.04 Å². The van der Waals surface area contributed by atoms with Gasteiger partial charge in [0.2, 0.25) is 0 Å². The molecule has 0 aromatic heterocycles. The second-order valence-electron chi connectivity index (χ2n) is 4.02. The van der Waals surface area contributed by atoms with E-state index in [1.54, 1.807) is 6.92 Å². The quantitative estimate of drug-likeness (QED) is 0.840. The number of benzene rings is 1. The smallest absolute Gasteiger partial charge is 0.416 e. The average molecular weight is 275 g/mol. The third kappa shape index (κ3) is 4.24. The number of alkyl halides is 3.